The summed E-state index contributed by atoms with van der Waals surface area (Å²) in [6.45, 7) is 2.64. The van der Waals surface area contributed by atoms with Crippen LogP contribution in [0, 0.1) is 11.6 Å². The minimum atomic E-state index is -0.892. The van der Waals surface area contributed by atoms with Crippen LogP contribution >= 0.6 is 0 Å². The molecule has 3 nitrogen and oxygen atoms in total. The average Bonchev–Trinajstić information content (AvgIpc) is 2.41. The van der Waals surface area contributed by atoms with E-state index in [2.05, 4.69) is 12.2 Å². The highest BCUT2D eigenvalue weighted by atomic mass is 19.1. The summed E-state index contributed by atoms with van der Waals surface area (Å²) in [5, 5.41) is 2.62. The molecule has 0 radical (unpaired) electrons. The summed E-state index contributed by atoms with van der Waals surface area (Å²) in [5.41, 5.74) is 4.89. The molecule has 0 heterocycles. The first kappa shape index (κ1) is 16.4. The number of nitrogens with two attached hydrogens (primary N) is 1. The predicted molar refractivity (Wildman–Crippen MR) is 76.5 cm³/mol. The highest BCUT2D eigenvalue weighted by molar-refractivity contribution is 5.95. The molecule has 0 aromatic heterocycles. The molecule has 0 spiro atoms. The van der Waals surface area contributed by atoms with E-state index in [1.807, 2.05) is 0 Å². The van der Waals surface area contributed by atoms with Crippen LogP contribution in [0.3, 0.4) is 0 Å². The first-order chi connectivity index (χ1) is 9.56. The Balaban J connectivity index is 2.34. The van der Waals surface area contributed by atoms with E-state index >= 15 is 0 Å². The van der Waals surface area contributed by atoms with Crippen LogP contribution in [0.4, 0.5) is 14.5 Å². The van der Waals surface area contributed by atoms with Gasteiger partial charge in [0.15, 0.2) is 0 Å². The fourth-order valence-electron chi connectivity index (χ4n) is 1.94. The number of rotatable bonds is 8. The van der Waals surface area contributed by atoms with Crippen molar-refractivity contribution >= 4 is 11.6 Å². The molecule has 1 aromatic rings. The van der Waals surface area contributed by atoms with Crippen molar-refractivity contribution in [2.24, 2.45) is 0 Å². The van der Waals surface area contributed by atoms with Crippen molar-refractivity contribution < 1.29 is 13.6 Å². The Kier molecular flexibility index (Phi) is 6.98. The van der Waals surface area contributed by atoms with E-state index in [0.29, 0.717) is 12.6 Å². The Morgan fingerprint density at radius 1 is 1.10 bits per heavy atom. The molecular weight excluding hydrogens is 262 g/mol. The SMILES string of the molecule is CCCCCCCCNC(=O)c1cc(N)c(F)cc1F. The molecule has 0 saturated heterocycles. The Bertz CT molecular complexity index is 450. The van der Waals surface area contributed by atoms with Crippen LogP contribution in [-0.2, 0) is 0 Å². The van der Waals surface area contributed by atoms with Gasteiger partial charge in [-0.1, -0.05) is 39.0 Å². The van der Waals surface area contributed by atoms with Gasteiger partial charge in [-0.15, -0.1) is 0 Å². The fourth-order valence-corrected chi connectivity index (χ4v) is 1.94. The second-order valence-corrected chi connectivity index (χ2v) is 4.88. The first-order valence-electron chi connectivity index (χ1n) is 7.09. The summed E-state index contributed by atoms with van der Waals surface area (Å²) in [7, 11) is 0. The minimum absolute atomic E-state index is 0.213. The normalized spacial score (nSPS) is 10.6. The van der Waals surface area contributed by atoms with Crippen molar-refractivity contribution in [3.05, 3.63) is 29.3 Å². The smallest absolute Gasteiger partial charge is 0.254 e. The maximum absolute atomic E-state index is 13.4. The average molecular weight is 284 g/mol. The number of hydrogen-bond donors (Lipinski definition) is 2. The molecule has 112 valence electrons. The number of hydrogen-bond acceptors (Lipinski definition) is 2. The van der Waals surface area contributed by atoms with Gasteiger partial charge >= 0.3 is 0 Å². The Morgan fingerprint density at radius 3 is 2.45 bits per heavy atom. The highest BCUT2D eigenvalue weighted by Gasteiger charge is 2.14. The molecule has 0 aliphatic heterocycles. The maximum Gasteiger partial charge on any atom is 0.254 e. The number of amides is 1. The molecule has 1 amide bonds. The Hall–Kier alpha value is -1.65. The first-order valence-corrected chi connectivity index (χ1v) is 7.09. The largest absolute Gasteiger partial charge is 0.396 e. The number of halogens is 2. The third-order valence-corrected chi connectivity index (χ3v) is 3.15. The minimum Gasteiger partial charge on any atom is -0.396 e. The number of carbonyl (C=O) groups is 1. The number of unbranched alkanes of at least 4 members (excludes halogenated alkanes) is 5. The molecule has 0 fully saturated rings. The van der Waals surface area contributed by atoms with Gasteiger partial charge in [0.05, 0.1) is 11.3 Å². The molecule has 0 saturated carbocycles. The van der Waals surface area contributed by atoms with Gasteiger partial charge in [-0.05, 0) is 12.5 Å². The van der Waals surface area contributed by atoms with E-state index in [1.165, 1.54) is 19.3 Å². The zero-order valence-electron chi connectivity index (χ0n) is 11.8. The molecule has 20 heavy (non-hydrogen) atoms. The van der Waals surface area contributed by atoms with Crippen molar-refractivity contribution in [2.75, 3.05) is 12.3 Å². The number of nitrogen functional groups attached to an aromatic ring is 1. The van der Waals surface area contributed by atoms with Crippen molar-refractivity contribution in [3.8, 4) is 0 Å². The second kappa shape index (κ2) is 8.51. The van der Waals surface area contributed by atoms with Gasteiger partial charge in [-0.25, -0.2) is 8.78 Å². The molecule has 1 aromatic carbocycles. The van der Waals surface area contributed by atoms with Gasteiger partial charge in [-0.2, -0.15) is 0 Å². The zero-order chi connectivity index (χ0) is 15.0. The topological polar surface area (TPSA) is 55.1 Å². The third-order valence-electron chi connectivity index (χ3n) is 3.15. The summed E-state index contributed by atoms with van der Waals surface area (Å²) in [6.07, 6.45) is 6.66. The lowest BCUT2D eigenvalue weighted by atomic mass is 10.1. The molecular formula is C15H22F2N2O. The number of benzene rings is 1. The van der Waals surface area contributed by atoms with Gasteiger partial charge in [0.1, 0.15) is 11.6 Å². The molecule has 0 atom stereocenters. The van der Waals surface area contributed by atoms with Crippen molar-refractivity contribution in [2.45, 2.75) is 45.4 Å². The van der Waals surface area contributed by atoms with Crippen molar-refractivity contribution in [1.82, 2.24) is 5.32 Å². The summed E-state index contributed by atoms with van der Waals surface area (Å²) in [6, 6.07) is 1.66. The van der Waals surface area contributed by atoms with E-state index in [0.717, 1.165) is 25.3 Å². The van der Waals surface area contributed by atoms with Gasteiger partial charge in [0.2, 0.25) is 0 Å². The highest BCUT2D eigenvalue weighted by Crippen LogP contribution is 2.16. The molecule has 0 bridgehead atoms. The van der Waals surface area contributed by atoms with Crippen LogP contribution in [0.5, 0.6) is 0 Å². The summed E-state index contributed by atoms with van der Waals surface area (Å²) >= 11 is 0. The van der Waals surface area contributed by atoms with Crippen LogP contribution in [0.2, 0.25) is 0 Å². The van der Waals surface area contributed by atoms with E-state index in [-0.39, 0.29) is 11.3 Å². The summed E-state index contributed by atoms with van der Waals surface area (Å²) < 4.78 is 26.4. The number of nitrogens with one attached hydrogen (secondary N) is 1. The Morgan fingerprint density at radius 2 is 1.75 bits per heavy atom. The van der Waals surface area contributed by atoms with Gasteiger partial charge in [0.25, 0.3) is 5.91 Å². The van der Waals surface area contributed by atoms with Crippen LogP contribution < -0.4 is 11.1 Å². The Labute approximate surface area is 118 Å². The van der Waals surface area contributed by atoms with E-state index in [9.17, 15) is 13.6 Å². The van der Waals surface area contributed by atoms with E-state index in [1.54, 1.807) is 0 Å². The van der Waals surface area contributed by atoms with E-state index in [4.69, 9.17) is 5.73 Å². The molecule has 0 unspecified atom stereocenters. The molecule has 1 rings (SSSR count). The van der Waals surface area contributed by atoms with Crippen molar-refractivity contribution in [3.63, 3.8) is 0 Å². The van der Waals surface area contributed by atoms with Gasteiger partial charge in [0, 0.05) is 12.6 Å². The summed E-state index contributed by atoms with van der Waals surface area (Å²) in [5.74, 6) is -2.30. The van der Waals surface area contributed by atoms with E-state index < -0.39 is 17.5 Å². The molecule has 0 aliphatic carbocycles. The fraction of sp³-hybridized carbons (Fsp3) is 0.533. The maximum atomic E-state index is 13.4. The molecule has 0 aliphatic rings. The lowest BCUT2D eigenvalue weighted by Gasteiger charge is -2.07. The van der Waals surface area contributed by atoms with Gasteiger partial charge < -0.3 is 11.1 Å². The number of anilines is 1. The van der Waals surface area contributed by atoms with Crippen LogP contribution in [-0.4, -0.2) is 12.5 Å². The number of carbonyl (C=O) groups excluding carboxylic acids is 1. The van der Waals surface area contributed by atoms with Gasteiger partial charge in [-0.3, -0.25) is 4.79 Å². The molecule has 3 N–H and O–H groups in total. The monoisotopic (exact) mass is 284 g/mol. The predicted octanol–water partition coefficient (Wildman–Crippen LogP) is 3.64. The molecule has 5 heteroatoms. The third kappa shape index (κ3) is 5.15. The quantitative estimate of drug-likeness (QED) is 0.565. The second-order valence-electron chi connectivity index (χ2n) is 4.88. The standard InChI is InChI=1S/C15H22F2N2O/c1-2-3-4-5-6-7-8-19-15(20)11-9-14(18)13(17)10-12(11)16/h9-10H,2-8,18H2,1H3,(H,19,20). The summed E-state index contributed by atoms with van der Waals surface area (Å²) in [4.78, 5) is 11.7. The van der Waals surface area contributed by atoms with Crippen LogP contribution in [0.1, 0.15) is 55.8 Å². The van der Waals surface area contributed by atoms with Crippen molar-refractivity contribution in [1.29, 1.82) is 0 Å². The zero-order valence-corrected chi connectivity index (χ0v) is 11.8. The van der Waals surface area contributed by atoms with Crippen LogP contribution in [0.15, 0.2) is 12.1 Å². The lowest BCUT2D eigenvalue weighted by Crippen LogP contribution is -2.25. The van der Waals surface area contributed by atoms with Crippen LogP contribution in [0.25, 0.3) is 0 Å². The lowest BCUT2D eigenvalue weighted by molar-refractivity contribution is 0.0949.